The maximum atomic E-state index is 13.2. The summed E-state index contributed by atoms with van der Waals surface area (Å²) in [5.74, 6) is -1.95. The molecular weight excluding hydrogens is 303 g/mol. The first-order valence-corrected chi connectivity index (χ1v) is 7.20. The predicted octanol–water partition coefficient (Wildman–Crippen LogP) is 1.38. The minimum absolute atomic E-state index is 0.0835. The van der Waals surface area contributed by atoms with Gasteiger partial charge < -0.3 is 14.8 Å². The monoisotopic (exact) mass is 314 g/mol. The van der Waals surface area contributed by atoms with Crippen LogP contribution in [0.3, 0.4) is 0 Å². The second-order valence-corrected chi connectivity index (χ2v) is 5.61. The molecule has 4 N–H and O–H groups in total. The summed E-state index contributed by atoms with van der Waals surface area (Å²) in [4.78, 5) is 10.8. The Labute approximate surface area is 119 Å². The molecule has 0 aliphatic carbocycles. The fourth-order valence-electron chi connectivity index (χ4n) is 1.59. The molecule has 0 fully saturated rings. The number of nitrogens with one attached hydrogen (secondary N) is 1. The Morgan fingerprint density at radius 3 is 2.62 bits per heavy atom. The molecule has 1 aromatic carbocycles. The van der Waals surface area contributed by atoms with Crippen LogP contribution in [0, 0.1) is 5.82 Å². The number of carbonyl (C=O) groups is 1. The van der Waals surface area contributed by atoms with Gasteiger partial charge in [-0.3, -0.25) is 0 Å². The topological polar surface area (TPSA) is 123 Å². The summed E-state index contributed by atoms with van der Waals surface area (Å²) in [6.45, 7) is 0.0835. The molecule has 0 aliphatic rings. The van der Waals surface area contributed by atoms with Crippen LogP contribution in [0.2, 0.25) is 0 Å². The molecule has 0 amide bonds. The van der Waals surface area contributed by atoms with Gasteiger partial charge in [-0.15, -0.1) is 0 Å². The predicted molar refractivity (Wildman–Crippen MR) is 70.8 cm³/mol. The lowest BCUT2D eigenvalue weighted by molar-refractivity contribution is 0.0692. The van der Waals surface area contributed by atoms with Gasteiger partial charge in [-0.25, -0.2) is 22.7 Å². The molecule has 2 rings (SSSR count). The van der Waals surface area contributed by atoms with E-state index in [1.54, 1.807) is 0 Å². The summed E-state index contributed by atoms with van der Waals surface area (Å²) in [5.41, 5.74) is -0.118. The fraction of sp³-hybridized carbons (Fsp3) is 0.0833. The smallest absolute Gasteiger partial charge is 0.338 e. The summed E-state index contributed by atoms with van der Waals surface area (Å²) >= 11 is 0. The van der Waals surface area contributed by atoms with E-state index in [1.165, 1.54) is 18.2 Å². The molecule has 21 heavy (non-hydrogen) atoms. The van der Waals surface area contributed by atoms with Gasteiger partial charge in [0.05, 0.1) is 12.1 Å². The van der Waals surface area contributed by atoms with Crippen LogP contribution in [0.5, 0.6) is 0 Å². The molecule has 0 bridgehead atoms. The average molecular weight is 314 g/mol. The highest BCUT2D eigenvalue weighted by atomic mass is 32.2. The minimum atomic E-state index is -3.91. The molecule has 7 nitrogen and oxygen atoms in total. The van der Waals surface area contributed by atoms with Crippen molar-refractivity contribution >= 4 is 21.7 Å². The molecule has 1 heterocycles. The van der Waals surface area contributed by atoms with Crippen molar-refractivity contribution in [2.45, 2.75) is 11.6 Å². The highest BCUT2D eigenvalue weighted by Crippen LogP contribution is 2.17. The molecule has 1 aromatic heterocycles. The van der Waals surface area contributed by atoms with E-state index in [2.05, 4.69) is 5.32 Å². The number of aromatic carboxylic acids is 1. The molecule has 0 saturated heterocycles. The number of furan rings is 1. The van der Waals surface area contributed by atoms with Gasteiger partial charge in [-0.2, -0.15) is 0 Å². The molecular formula is C12H11FN2O5S. The lowest BCUT2D eigenvalue weighted by Crippen LogP contribution is -2.10. The summed E-state index contributed by atoms with van der Waals surface area (Å²) < 4.78 is 40.3. The zero-order chi connectivity index (χ0) is 15.6. The SMILES string of the molecule is NS(=O)(=O)c1ccc(CNc2ccc(F)c(C(=O)O)c2)o1. The zero-order valence-corrected chi connectivity index (χ0v) is 11.4. The number of nitrogens with two attached hydrogens (primary N) is 1. The lowest BCUT2D eigenvalue weighted by atomic mass is 10.2. The number of halogens is 1. The number of carboxylic acid groups (broad SMARTS) is 1. The van der Waals surface area contributed by atoms with Crippen molar-refractivity contribution < 1.29 is 27.1 Å². The third-order valence-corrected chi connectivity index (χ3v) is 3.36. The fourth-order valence-corrected chi connectivity index (χ4v) is 2.08. The Morgan fingerprint density at radius 2 is 2.05 bits per heavy atom. The molecule has 0 spiro atoms. The molecule has 0 atom stereocenters. The number of sulfonamides is 1. The number of anilines is 1. The highest BCUT2D eigenvalue weighted by Gasteiger charge is 2.14. The molecule has 0 unspecified atom stereocenters. The standard InChI is InChI=1S/C12H11FN2O5S/c13-10-3-1-7(5-9(10)12(16)17)15-6-8-2-4-11(20-8)21(14,18)19/h1-5,15H,6H2,(H,16,17)(H2,14,18,19). The normalized spacial score (nSPS) is 11.3. The van der Waals surface area contributed by atoms with Crippen LogP contribution in [-0.4, -0.2) is 19.5 Å². The van der Waals surface area contributed by atoms with E-state index in [0.29, 0.717) is 5.69 Å². The van der Waals surface area contributed by atoms with Gasteiger partial charge in [-0.05, 0) is 30.3 Å². The van der Waals surface area contributed by atoms with Gasteiger partial charge in [0.2, 0.25) is 5.09 Å². The number of hydrogen-bond donors (Lipinski definition) is 3. The average Bonchev–Trinajstić information content (AvgIpc) is 2.86. The van der Waals surface area contributed by atoms with E-state index in [9.17, 15) is 17.6 Å². The Balaban J connectivity index is 2.12. The van der Waals surface area contributed by atoms with Gasteiger partial charge in [-0.1, -0.05) is 0 Å². The van der Waals surface area contributed by atoms with E-state index >= 15 is 0 Å². The van der Waals surface area contributed by atoms with E-state index in [0.717, 1.165) is 12.1 Å². The Bertz CT molecular complexity index is 785. The maximum absolute atomic E-state index is 13.2. The van der Waals surface area contributed by atoms with Gasteiger partial charge in [0, 0.05) is 5.69 Å². The second kappa shape index (κ2) is 5.54. The van der Waals surface area contributed by atoms with Crippen LogP contribution in [-0.2, 0) is 16.6 Å². The number of carboxylic acids is 1. The van der Waals surface area contributed by atoms with Crippen molar-refractivity contribution in [1.29, 1.82) is 0 Å². The summed E-state index contributed by atoms with van der Waals surface area (Å²) in [6, 6.07) is 6.12. The van der Waals surface area contributed by atoms with Gasteiger partial charge in [0.25, 0.3) is 10.0 Å². The number of rotatable bonds is 5. The van der Waals surface area contributed by atoms with Gasteiger partial charge in [0.1, 0.15) is 11.6 Å². The Hall–Kier alpha value is -2.39. The van der Waals surface area contributed by atoms with E-state index in [-0.39, 0.29) is 17.4 Å². The van der Waals surface area contributed by atoms with Crippen LogP contribution >= 0.6 is 0 Å². The molecule has 9 heteroatoms. The summed E-state index contributed by atoms with van der Waals surface area (Å²) in [6.07, 6.45) is 0. The summed E-state index contributed by atoms with van der Waals surface area (Å²) in [5, 5.41) is 16.1. The summed E-state index contributed by atoms with van der Waals surface area (Å²) in [7, 11) is -3.91. The third kappa shape index (κ3) is 3.58. The minimum Gasteiger partial charge on any atom is -0.478 e. The first-order chi connectivity index (χ1) is 9.77. The van der Waals surface area contributed by atoms with Crippen molar-refractivity contribution in [1.82, 2.24) is 0 Å². The van der Waals surface area contributed by atoms with Crippen LogP contribution in [0.1, 0.15) is 16.1 Å². The highest BCUT2D eigenvalue weighted by molar-refractivity contribution is 7.89. The van der Waals surface area contributed by atoms with Gasteiger partial charge in [0.15, 0.2) is 0 Å². The lowest BCUT2D eigenvalue weighted by Gasteiger charge is -2.06. The van der Waals surface area contributed by atoms with Crippen LogP contribution in [0.25, 0.3) is 0 Å². The van der Waals surface area contributed by atoms with E-state index in [4.69, 9.17) is 14.7 Å². The largest absolute Gasteiger partial charge is 0.478 e. The zero-order valence-electron chi connectivity index (χ0n) is 10.5. The number of primary sulfonamides is 1. The quantitative estimate of drug-likeness (QED) is 0.766. The third-order valence-electron chi connectivity index (χ3n) is 2.58. The van der Waals surface area contributed by atoms with Crippen molar-refractivity contribution in [3.8, 4) is 0 Å². The van der Waals surface area contributed by atoms with Crippen molar-refractivity contribution in [3.05, 3.63) is 47.5 Å². The molecule has 0 radical (unpaired) electrons. The molecule has 2 aromatic rings. The second-order valence-electron chi connectivity index (χ2n) is 4.12. The Kier molecular flexibility index (Phi) is 3.96. The maximum Gasteiger partial charge on any atom is 0.338 e. The van der Waals surface area contributed by atoms with Crippen LogP contribution in [0.15, 0.2) is 39.8 Å². The van der Waals surface area contributed by atoms with E-state index < -0.39 is 27.4 Å². The van der Waals surface area contributed by atoms with Crippen molar-refractivity contribution in [2.75, 3.05) is 5.32 Å². The van der Waals surface area contributed by atoms with Crippen LogP contribution < -0.4 is 10.5 Å². The number of benzene rings is 1. The number of hydrogen-bond acceptors (Lipinski definition) is 5. The molecule has 112 valence electrons. The molecule has 0 saturated carbocycles. The molecule has 0 aliphatic heterocycles. The van der Waals surface area contributed by atoms with Crippen LogP contribution in [0.4, 0.5) is 10.1 Å². The van der Waals surface area contributed by atoms with E-state index in [1.807, 2.05) is 0 Å². The van der Waals surface area contributed by atoms with Gasteiger partial charge >= 0.3 is 5.97 Å². The van der Waals surface area contributed by atoms with Crippen molar-refractivity contribution in [3.63, 3.8) is 0 Å². The first kappa shape index (κ1) is 15.0. The van der Waals surface area contributed by atoms with Crippen molar-refractivity contribution in [2.24, 2.45) is 5.14 Å². The first-order valence-electron chi connectivity index (χ1n) is 5.65. The Morgan fingerprint density at radius 1 is 1.33 bits per heavy atom.